The van der Waals surface area contributed by atoms with E-state index in [-0.39, 0.29) is 12.7 Å². The number of aliphatic hydroxyl groups is 1. The Kier molecular flexibility index (Phi) is 5.99. The van der Waals surface area contributed by atoms with E-state index in [0.717, 1.165) is 5.56 Å². The first-order chi connectivity index (χ1) is 9.83. The molecule has 0 aliphatic carbocycles. The molecule has 0 bridgehead atoms. The van der Waals surface area contributed by atoms with Crippen molar-refractivity contribution >= 4 is 5.97 Å². The minimum Gasteiger partial charge on any atom is -0.493 e. The first-order valence-corrected chi connectivity index (χ1v) is 6.65. The van der Waals surface area contributed by atoms with E-state index in [1.54, 1.807) is 25.1 Å². The van der Waals surface area contributed by atoms with Crippen molar-refractivity contribution in [3.63, 3.8) is 0 Å². The SMILES string of the molecule is COC(=O)C(C)(N)CC(C)Oc1ccc(CO)cc1OC. The van der Waals surface area contributed by atoms with Crippen LogP contribution in [0.3, 0.4) is 0 Å². The number of aliphatic hydroxyl groups excluding tert-OH is 1. The Hall–Kier alpha value is -1.79. The predicted octanol–water partition coefficient (Wildman–Crippen LogP) is 1.24. The summed E-state index contributed by atoms with van der Waals surface area (Å²) in [6.45, 7) is 3.34. The molecule has 1 rings (SSSR count). The van der Waals surface area contributed by atoms with Crippen LogP contribution in [-0.2, 0) is 16.1 Å². The van der Waals surface area contributed by atoms with Crippen LogP contribution in [0.25, 0.3) is 0 Å². The van der Waals surface area contributed by atoms with Crippen LogP contribution in [0, 0.1) is 0 Å². The molecule has 0 radical (unpaired) electrons. The van der Waals surface area contributed by atoms with Crippen molar-refractivity contribution in [1.29, 1.82) is 0 Å². The van der Waals surface area contributed by atoms with Gasteiger partial charge in [-0.25, -0.2) is 0 Å². The van der Waals surface area contributed by atoms with Crippen molar-refractivity contribution in [1.82, 2.24) is 0 Å². The van der Waals surface area contributed by atoms with E-state index in [4.69, 9.17) is 20.3 Å². The molecule has 0 saturated carbocycles. The molecule has 0 spiro atoms. The monoisotopic (exact) mass is 297 g/mol. The lowest BCUT2D eigenvalue weighted by Crippen LogP contribution is -2.48. The van der Waals surface area contributed by atoms with Crippen molar-refractivity contribution < 1.29 is 24.1 Å². The average Bonchev–Trinajstić information content (AvgIpc) is 2.45. The van der Waals surface area contributed by atoms with E-state index in [0.29, 0.717) is 17.9 Å². The van der Waals surface area contributed by atoms with Crippen molar-refractivity contribution in [2.24, 2.45) is 5.73 Å². The molecule has 6 heteroatoms. The second kappa shape index (κ2) is 7.28. The molecule has 0 amide bonds. The molecule has 1 aromatic carbocycles. The maximum Gasteiger partial charge on any atom is 0.325 e. The van der Waals surface area contributed by atoms with Gasteiger partial charge in [0.15, 0.2) is 11.5 Å². The number of carbonyl (C=O) groups excluding carboxylic acids is 1. The summed E-state index contributed by atoms with van der Waals surface area (Å²) in [6, 6.07) is 5.16. The summed E-state index contributed by atoms with van der Waals surface area (Å²) in [7, 11) is 2.82. The summed E-state index contributed by atoms with van der Waals surface area (Å²) in [5, 5.41) is 9.11. The summed E-state index contributed by atoms with van der Waals surface area (Å²) in [5.74, 6) is 0.564. The molecule has 3 N–H and O–H groups in total. The Morgan fingerprint density at radius 3 is 2.57 bits per heavy atom. The maximum absolute atomic E-state index is 11.6. The molecule has 0 aliphatic heterocycles. The largest absolute Gasteiger partial charge is 0.493 e. The summed E-state index contributed by atoms with van der Waals surface area (Å²) in [4.78, 5) is 11.6. The van der Waals surface area contributed by atoms with E-state index in [9.17, 15) is 4.79 Å². The van der Waals surface area contributed by atoms with Crippen LogP contribution in [0.5, 0.6) is 11.5 Å². The zero-order valence-electron chi connectivity index (χ0n) is 12.9. The number of carbonyl (C=O) groups is 1. The third kappa shape index (κ3) is 4.61. The van der Waals surface area contributed by atoms with Gasteiger partial charge in [-0.1, -0.05) is 6.07 Å². The molecule has 0 fully saturated rings. The highest BCUT2D eigenvalue weighted by molar-refractivity contribution is 5.79. The molecule has 0 saturated heterocycles. The average molecular weight is 297 g/mol. The fraction of sp³-hybridized carbons (Fsp3) is 0.533. The number of esters is 1. The van der Waals surface area contributed by atoms with E-state index in [1.807, 2.05) is 6.92 Å². The van der Waals surface area contributed by atoms with Crippen LogP contribution >= 0.6 is 0 Å². The third-order valence-electron chi connectivity index (χ3n) is 3.10. The standard InChI is InChI=1S/C15H23NO5/c1-10(8-15(2,16)14(18)20-4)21-12-6-5-11(9-17)7-13(12)19-3/h5-7,10,17H,8-9,16H2,1-4H3. The molecule has 1 aromatic rings. The van der Waals surface area contributed by atoms with E-state index in [2.05, 4.69) is 4.74 Å². The van der Waals surface area contributed by atoms with E-state index in [1.165, 1.54) is 14.2 Å². The Labute approximate surface area is 124 Å². The second-order valence-corrected chi connectivity index (χ2v) is 5.18. The zero-order chi connectivity index (χ0) is 16.0. The highest BCUT2D eigenvalue weighted by Crippen LogP contribution is 2.30. The Morgan fingerprint density at radius 2 is 2.05 bits per heavy atom. The minimum absolute atomic E-state index is 0.0740. The van der Waals surface area contributed by atoms with Gasteiger partial charge in [-0.05, 0) is 31.5 Å². The normalized spacial score (nSPS) is 15.0. The molecule has 2 atom stereocenters. The molecular weight excluding hydrogens is 274 g/mol. The second-order valence-electron chi connectivity index (χ2n) is 5.18. The Bertz CT molecular complexity index is 487. The lowest BCUT2D eigenvalue weighted by Gasteiger charge is -2.26. The lowest BCUT2D eigenvalue weighted by atomic mass is 9.96. The van der Waals surface area contributed by atoms with Gasteiger partial charge >= 0.3 is 5.97 Å². The summed E-state index contributed by atoms with van der Waals surface area (Å²) >= 11 is 0. The van der Waals surface area contributed by atoms with Gasteiger partial charge in [0.05, 0.1) is 26.9 Å². The smallest absolute Gasteiger partial charge is 0.325 e. The van der Waals surface area contributed by atoms with Crippen LogP contribution in [-0.4, -0.2) is 36.9 Å². The van der Waals surface area contributed by atoms with Gasteiger partial charge in [-0.3, -0.25) is 4.79 Å². The molecule has 0 aliphatic rings. The van der Waals surface area contributed by atoms with Gasteiger partial charge in [0.1, 0.15) is 5.54 Å². The van der Waals surface area contributed by atoms with Gasteiger partial charge in [0, 0.05) is 6.42 Å². The van der Waals surface area contributed by atoms with Gasteiger partial charge in [0.2, 0.25) is 0 Å². The van der Waals surface area contributed by atoms with Crippen molar-refractivity contribution in [2.45, 2.75) is 38.5 Å². The predicted molar refractivity (Wildman–Crippen MR) is 78.2 cm³/mol. The number of rotatable bonds is 7. The van der Waals surface area contributed by atoms with Gasteiger partial charge in [-0.15, -0.1) is 0 Å². The number of nitrogens with two attached hydrogens (primary N) is 1. The summed E-state index contributed by atoms with van der Waals surface area (Å²) in [5.41, 5.74) is 5.53. The number of methoxy groups -OCH3 is 2. The van der Waals surface area contributed by atoms with E-state index >= 15 is 0 Å². The van der Waals surface area contributed by atoms with Gasteiger partial charge in [0.25, 0.3) is 0 Å². The van der Waals surface area contributed by atoms with Crippen LogP contribution in [0.1, 0.15) is 25.8 Å². The first-order valence-electron chi connectivity index (χ1n) is 6.65. The molecule has 118 valence electrons. The van der Waals surface area contributed by atoms with Crippen LogP contribution in [0.2, 0.25) is 0 Å². The number of ether oxygens (including phenoxy) is 3. The third-order valence-corrected chi connectivity index (χ3v) is 3.10. The maximum atomic E-state index is 11.6. The number of benzene rings is 1. The highest BCUT2D eigenvalue weighted by atomic mass is 16.5. The molecular formula is C15H23NO5. The molecule has 6 nitrogen and oxygen atoms in total. The molecule has 0 aromatic heterocycles. The van der Waals surface area contributed by atoms with Crippen LogP contribution in [0.15, 0.2) is 18.2 Å². The number of hydrogen-bond donors (Lipinski definition) is 2. The van der Waals surface area contributed by atoms with Gasteiger partial charge < -0.3 is 25.1 Å². The summed E-state index contributed by atoms with van der Waals surface area (Å²) < 4.78 is 15.7. The fourth-order valence-corrected chi connectivity index (χ4v) is 2.08. The van der Waals surface area contributed by atoms with Crippen molar-refractivity contribution in [3.8, 4) is 11.5 Å². The van der Waals surface area contributed by atoms with Crippen LogP contribution < -0.4 is 15.2 Å². The van der Waals surface area contributed by atoms with Gasteiger partial charge in [-0.2, -0.15) is 0 Å². The minimum atomic E-state index is -1.12. The quantitative estimate of drug-likeness (QED) is 0.736. The van der Waals surface area contributed by atoms with Crippen molar-refractivity contribution in [2.75, 3.05) is 14.2 Å². The Morgan fingerprint density at radius 1 is 1.38 bits per heavy atom. The lowest BCUT2D eigenvalue weighted by molar-refractivity contribution is -0.147. The van der Waals surface area contributed by atoms with Crippen LogP contribution in [0.4, 0.5) is 0 Å². The zero-order valence-corrected chi connectivity index (χ0v) is 12.9. The number of hydrogen-bond acceptors (Lipinski definition) is 6. The van der Waals surface area contributed by atoms with E-state index < -0.39 is 11.5 Å². The molecule has 21 heavy (non-hydrogen) atoms. The molecule has 2 unspecified atom stereocenters. The summed E-state index contributed by atoms with van der Waals surface area (Å²) in [6.07, 6.45) is -0.0158. The molecule has 0 heterocycles. The van der Waals surface area contributed by atoms with Crippen molar-refractivity contribution in [3.05, 3.63) is 23.8 Å². The Balaban J connectivity index is 2.79. The fourth-order valence-electron chi connectivity index (χ4n) is 2.08. The highest BCUT2D eigenvalue weighted by Gasteiger charge is 2.32. The topological polar surface area (TPSA) is 91.0 Å². The first kappa shape index (κ1) is 17.3.